The lowest BCUT2D eigenvalue weighted by molar-refractivity contribution is -0.135. The predicted molar refractivity (Wildman–Crippen MR) is 65.8 cm³/mol. The molecule has 0 radical (unpaired) electrons. The maximum absolute atomic E-state index is 11.7. The first-order valence-corrected chi connectivity index (χ1v) is 6.04. The quantitative estimate of drug-likeness (QED) is 0.423. The van der Waals surface area contributed by atoms with Gasteiger partial charge in [0.15, 0.2) is 11.5 Å². The van der Waals surface area contributed by atoms with Gasteiger partial charge in [0.05, 0.1) is 25.9 Å². The van der Waals surface area contributed by atoms with Crippen molar-refractivity contribution in [2.75, 3.05) is 20.8 Å². The Bertz CT molecular complexity index is 407. The molecule has 0 fully saturated rings. The molecule has 0 aromatic rings. The van der Waals surface area contributed by atoms with Crippen LogP contribution >= 0.6 is 0 Å². The van der Waals surface area contributed by atoms with Gasteiger partial charge in [0.2, 0.25) is 0 Å². The Morgan fingerprint density at radius 2 is 2.05 bits per heavy atom. The van der Waals surface area contributed by atoms with Gasteiger partial charge in [-0.25, -0.2) is 9.59 Å². The van der Waals surface area contributed by atoms with Gasteiger partial charge in [0, 0.05) is 6.61 Å². The van der Waals surface area contributed by atoms with Crippen LogP contribution in [-0.2, 0) is 23.8 Å². The van der Waals surface area contributed by atoms with E-state index in [-0.39, 0.29) is 18.1 Å². The van der Waals surface area contributed by atoms with Crippen molar-refractivity contribution < 1.29 is 28.9 Å². The Morgan fingerprint density at radius 3 is 2.63 bits per heavy atom. The second-order valence-corrected chi connectivity index (χ2v) is 3.97. The molecule has 0 aromatic carbocycles. The third-order valence-corrected chi connectivity index (χ3v) is 2.69. The summed E-state index contributed by atoms with van der Waals surface area (Å²) in [5.41, 5.74) is 0.413. The number of esters is 2. The molecule has 0 saturated heterocycles. The Kier molecular flexibility index (Phi) is 6.08. The highest BCUT2D eigenvalue weighted by Gasteiger charge is 2.31. The van der Waals surface area contributed by atoms with E-state index < -0.39 is 11.9 Å². The summed E-state index contributed by atoms with van der Waals surface area (Å²) in [6.07, 6.45) is 3.80. The fourth-order valence-electron chi connectivity index (χ4n) is 1.74. The summed E-state index contributed by atoms with van der Waals surface area (Å²) < 4.78 is 14.6. The Morgan fingerprint density at radius 1 is 1.32 bits per heavy atom. The molecule has 1 aliphatic rings. The summed E-state index contributed by atoms with van der Waals surface area (Å²) in [6, 6.07) is 0. The normalized spacial score (nSPS) is 16.8. The number of aliphatic hydroxyl groups excluding tert-OH is 1. The Hall–Kier alpha value is -1.82. The smallest absolute Gasteiger partial charge is 0.343 e. The number of carbonyl (C=O) groups excluding carboxylic acids is 2. The number of cyclic esters (lactones) is 1. The van der Waals surface area contributed by atoms with Gasteiger partial charge in [-0.1, -0.05) is 6.42 Å². The zero-order valence-corrected chi connectivity index (χ0v) is 11.1. The van der Waals surface area contributed by atoms with E-state index in [2.05, 4.69) is 4.74 Å². The molecule has 0 bridgehead atoms. The van der Waals surface area contributed by atoms with Gasteiger partial charge in [-0.3, -0.25) is 0 Å². The van der Waals surface area contributed by atoms with Crippen molar-refractivity contribution in [2.24, 2.45) is 0 Å². The zero-order valence-electron chi connectivity index (χ0n) is 11.1. The minimum Gasteiger partial charge on any atom is -0.492 e. The molecule has 0 unspecified atom stereocenters. The minimum atomic E-state index is -0.612. The lowest BCUT2D eigenvalue weighted by atomic mass is 10.1. The fourth-order valence-corrected chi connectivity index (χ4v) is 1.74. The van der Waals surface area contributed by atoms with E-state index in [9.17, 15) is 9.59 Å². The van der Waals surface area contributed by atoms with Gasteiger partial charge >= 0.3 is 11.9 Å². The standard InChI is InChI=1S/C13H18O6/c1-17-11(15)8-10-12(18-2)9(13(16)19-10)6-4-3-5-7-14/h8,14H,3-7H2,1-2H3/b10-8+. The van der Waals surface area contributed by atoms with Gasteiger partial charge in [0.1, 0.15) is 0 Å². The molecule has 1 aliphatic heterocycles. The first-order valence-electron chi connectivity index (χ1n) is 6.04. The molecule has 6 nitrogen and oxygen atoms in total. The number of carbonyl (C=O) groups is 2. The first-order chi connectivity index (χ1) is 9.13. The van der Waals surface area contributed by atoms with Crippen molar-refractivity contribution in [1.82, 2.24) is 0 Å². The van der Waals surface area contributed by atoms with Crippen molar-refractivity contribution in [3.05, 3.63) is 23.2 Å². The SMILES string of the molecule is COC(=O)/C=C1/OC(=O)C(CCCCCO)=C1OC. The molecule has 1 heterocycles. The minimum absolute atomic E-state index is 0.0801. The van der Waals surface area contributed by atoms with Crippen molar-refractivity contribution in [3.63, 3.8) is 0 Å². The van der Waals surface area contributed by atoms with E-state index in [0.717, 1.165) is 18.9 Å². The molecule has 106 valence electrons. The van der Waals surface area contributed by atoms with Crippen LogP contribution in [0.2, 0.25) is 0 Å². The predicted octanol–water partition coefficient (Wildman–Crippen LogP) is 1.05. The molecule has 19 heavy (non-hydrogen) atoms. The van der Waals surface area contributed by atoms with Gasteiger partial charge in [-0.2, -0.15) is 0 Å². The van der Waals surface area contributed by atoms with Crippen molar-refractivity contribution >= 4 is 11.9 Å². The number of hydrogen-bond donors (Lipinski definition) is 1. The molecule has 0 spiro atoms. The van der Waals surface area contributed by atoms with E-state index in [1.54, 1.807) is 0 Å². The molecular formula is C13H18O6. The largest absolute Gasteiger partial charge is 0.492 e. The highest BCUT2D eigenvalue weighted by atomic mass is 16.6. The highest BCUT2D eigenvalue weighted by Crippen LogP contribution is 2.30. The molecule has 0 amide bonds. The second-order valence-electron chi connectivity index (χ2n) is 3.97. The molecule has 1 N–H and O–H groups in total. The molecule has 0 aliphatic carbocycles. The van der Waals surface area contributed by atoms with Crippen LogP contribution in [0.5, 0.6) is 0 Å². The van der Waals surface area contributed by atoms with E-state index in [1.165, 1.54) is 14.2 Å². The Balaban J connectivity index is 2.79. The lowest BCUT2D eigenvalue weighted by Crippen LogP contribution is -2.01. The van der Waals surface area contributed by atoms with Gasteiger partial charge in [-0.15, -0.1) is 0 Å². The van der Waals surface area contributed by atoms with Crippen LogP contribution in [0, 0.1) is 0 Å². The lowest BCUT2D eigenvalue weighted by Gasteiger charge is -2.03. The third kappa shape index (κ3) is 4.10. The summed E-state index contributed by atoms with van der Waals surface area (Å²) in [7, 11) is 2.65. The summed E-state index contributed by atoms with van der Waals surface area (Å²) >= 11 is 0. The zero-order chi connectivity index (χ0) is 14.3. The number of hydrogen-bond acceptors (Lipinski definition) is 6. The van der Waals surface area contributed by atoms with Crippen LogP contribution < -0.4 is 0 Å². The number of unbranched alkanes of at least 4 members (excludes halogenated alkanes) is 2. The first kappa shape index (κ1) is 15.2. The topological polar surface area (TPSA) is 82.1 Å². The highest BCUT2D eigenvalue weighted by molar-refractivity contribution is 5.95. The molecule has 1 rings (SSSR count). The molecule has 6 heteroatoms. The van der Waals surface area contributed by atoms with Crippen LogP contribution in [0.3, 0.4) is 0 Å². The summed E-state index contributed by atoms with van der Waals surface area (Å²) in [6.45, 7) is 0.133. The van der Waals surface area contributed by atoms with E-state index in [1.807, 2.05) is 0 Å². The van der Waals surface area contributed by atoms with E-state index in [4.69, 9.17) is 14.6 Å². The maximum atomic E-state index is 11.7. The number of aliphatic hydroxyl groups is 1. The molecule has 0 atom stereocenters. The van der Waals surface area contributed by atoms with Crippen molar-refractivity contribution in [2.45, 2.75) is 25.7 Å². The van der Waals surface area contributed by atoms with Crippen LogP contribution in [-0.4, -0.2) is 37.9 Å². The average molecular weight is 270 g/mol. The van der Waals surface area contributed by atoms with Crippen LogP contribution in [0.1, 0.15) is 25.7 Å². The van der Waals surface area contributed by atoms with E-state index in [0.29, 0.717) is 18.4 Å². The summed E-state index contributed by atoms with van der Waals surface area (Å²) in [4.78, 5) is 22.8. The summed E-state index contributed by atoms with van der Waals surface area (Å²) in [5, 5.41) is 8.69. The van der Waals surface area contributed by atoms with E-state index >= 15 is 0 Å². The maximum Gasteiger partial charge on any atom is 0.343 e. The number of rotatable bonds is 7. The molecule has 0 aromatic heterocycles. The molecule has 0 saturated carbocycles. The van der Waals surface area contributed by atoms with Gasteiger partial charge in [-0.05, 0) is 19.3 Å². The van der Waals surface area contributed by atoms with Gasteiger partial charge in [0.25, 0.3) is 0 Å². The fraction of sp³-hybridized carbons (Fsp3) is 0.538. The van der Waals surface area contributed by atoms with Crippen LogP contribution in [0.4, 0.5) is 0 Å². The third-order valence-electron chi connectivity index (χ3n) is 2.69. The van der Waals surface area contributed by atoms with Crippen LogP contribution in [0.15, 0.2) is 23.2 Å². The molecular weight excluding hydrogens is 252 g/mol. The van der Waals surface area contributed by atoms with Crippen molar-refractivity contribution in [1.29, 1.82) is 0 Å². The number of methoxy groups -OCH3 is 2. The summed E-state index contributed by atoms with van der Waals surface area (Å²) in [5.74, 6) is -0.759. The monoisotopic (exact) mass is 270 g/mol. The Labute approximate surface area is 111 Å². The van der Waals surface area contributed by atoms with Crippen molar-refractivity contribution in [3.8, 4) is 0 Å². The van der Waals surface area contributed by atoms with Crippen LogP contribution in [0.25, 0.3) is 0 Å². The number of ether oxygens (including phenoxy) is 3. The average Bonchev–Trinajstić information content (AvgIpc) is 2.70. The van der Waals surface area contributed by atoms with Gasteiger partial charge < -0.3 is 19.3 Å². The second kappa shape index (κ2) is 7.58.